The summed E-state index contributed by atoms with van der Waals surface area (Å²) in [5, 5.41) is 0. The third-order valence-corrected chi connectivity index (χ3v) is 7.26. The van der Waals surface area contributed by atoms with Crippen molar-refractivity contribution in [3.63, 3.8) is 0 Å². The molecule has 3 fully saturated rings. The van der Waals surface area contributed by atoms with Crippen LogP contribution < -0.4 is 0 Å². The maximum Gasteiger partial charge on any atom is 0.103 e. The molecule has 3 aliphatic rings. The van der Waals surface area contributed by atoms with E-state index in [1.165, 1.54) is 64.2 Å². The lowest BCUT2D eigenvalue weighted by atomic mass is 9.64. The zero-order valence-corrected chi connectivity index (χ0v) is 14.2. The Hall–Kier alpha value is -0.0700. The van der Waals surface area contributed by atoms with E-state index in [4.69, 9.17) is 0 Å². The largest absolute Gasteiger partial charge is 0.247 e. The molecule has 122 valence electrons. The zero-order chi connectivity index (χ0) is 14.8. The summed E-state index contributed by atoms with van der Waals surface area (Å²) in [6.45, 7) is 4.75. The molecule has 0 radical (unpaired) electrons. The second kappa shape index (κ2) is 7.01. The van der Waals surface area contributed by atoms with Gasteiger partial charge in [-0.25, -0.2) is 4.39 Å². The van der Waals surface area contributed by atoms with Crippen LogP contribution in [0.3, 0.4) is 0 Å². The van der Waals surface area contributed by atoms with Gasteiger partial charge >= 0.3 is 0 Å². The molecule has 3 aliphatic carbocycles. The third kappa shape index (κ3) is 3.82. The first kappa shape index (κ1) is 15.8. The molecule has 3 unspecified atom stereocenters. The van der Waals surface area contributed by atoms with Gasteiger partial charge < -0.3 is 0 Å². The van der Waals surface area contributed by atoms with Crippen molar-refractivity contribution in [3.8, 4) is 0 Å². The fourth-order valence-electron chi connectivity index (χ4n) is 5.60. The summed E-state index contributed by atoms with van der Waals surface area (Å²) in [4.78, 5) is 0. The van der Waals surface area contributed by atoms with Gasteiger partial charge in [-0.3, -0.25) is 0 Å². The van der Waals surface area contributed by atoms with Crippen LogP contribution in [0.25, 0.3) is 0 Å². The van der Waals surface area contributed by atoms with Crippen LogP contribution in [0.5, 0.6) is 0 Å². The van der Waals surface area contributed by atoms with E-state index in [-0.39, 0.29) is 0 Å². The van der Waals surface area contributed by atoms with E-state index in [1.807, 2.05) is 0 Å². The first-order valence-corrected chi connectivity index (χ1v) is 9.77. The molecule has 0 spiro atoms. The summed E-state index contributed by atoms with van der Waals surface area (Å²) in [7, 11) is 0. The minimum Gasteiger partial charge on any atom is -0.247 e. The number of hydrogen-bond donors (Lipinski definition) is 0. The van der Waals surface area contributed by atoms with Crippen LogP contribution in [0.4, 0.5) is 4.39 Å². The zero-order valence-electron chi connectivity index (χ0n) is 14.2. The quantitative estimate of drug-likeness (QED) is 0.553. The Bertz CT molecular complexity index is 310. The van der Waals surface area contributed by atoms with E-state index >= 15 is 0 Å². The van der Waals surface area contributed by atoms with Crippen molar-refractivity contribution in [3.05, 3.63) is 0 Å². The van der Waals surface area contributed by atoms with E-state index in [0.29, 0.717) is 17.8 Å². The van der Waals surface area contributed by atoms with Crippen molar-refractivity contribution in [2.24, 2.45) is 35.5 Å². The summed E-state index contributed by atoms with van der Waals surface area (Å²) in [6.07, 6.45) is 13.8. The Morgan fingerprint density at radius 3 is 1.57 bits per heavy atom. The first-order valence-electron chi connectivity index (χ1n) is 9.77. The van der Waals surface area contributed by atoms with Crippen LogP contribution >= 0.6 is 0 Å². The SMILES string of the molecule is CC1CCC(C2CCC(C3CCC(C)CC3)C(F)C2)CC1. The number of alkyl halides is 1. The van der Waals surface area contributed by atoms with Gasteiger partial charge in [0.25, 0.3) is 0 Å². The van der Waals surface area contributed by atoms with Crippen LogP contribution in [0, 0.1) is 35.5 Å². The molecule has 21 heavy (non-hydrogen) atoms. The van der Waals surface area contributed by atoms with E-state index in [9.17, 15) is 4.39 Å². The van der Waals surface area contributed by atoms with E-state index in [2.05, 4.69) is 13.8 Å². The molecule has 0 N–H and O–H groups in total. The number of rotatable bonds is 2. The van der Waals surface area contributed by atoms with Gasteiger partial charge in [0.15, 0.2) is 0 Å². The lowest BCUT2D eigenvalue weighted by Gasteiger charge is -2.42. The summed E-state index contributed by atoms with van der Waals surface area (Å²) >= 11 is 0. The van der Waals surface area contributed by atoms with Crippen molar-refractivity contribution in [2.45, 2.75) is 90.6 Å². The van der Waals surface area contributed by atoms with Gasteiger partial charge in [0, 0.05) is 0 Å². The molecule has 0 aliphatic heterocycles. The second-order valence-electron chi connectivity index (χ2n) is 8.79. The van der Waals surface area contributed by atoms with Gasteiger partial charge in [0.2, 0.25) is 0 Å². The fourth-order valence-corrected chi connectivity index (χ4v) is 5.60. The fraction of sp³-hybridized carbons (Fsp3) is 1.00. The van der Waals surface area contributed by atoms with Crippen molar-refractivity contribution >= 4 is 0 Å². The lowest BCUT2D eigenvalue weighted by molar-refractivity contribution is 0.0349. The molecule has 3 saturated carbocycles. The molecule has 0 aromatic rings. The standard InChI is InChI=1S/C20H35F/c1-14-3-7-16(8-4-14)18-11-12-19(20(21)13-18)17-9-5-15(2)6-10-17/h14-20H,3-13H2,1-2H3. The second-order valence-corrected chi connectivity index (χ2v) is 8.79. The van der Waals surface area contributed by atoms with Gasteiger partial charge in [-0.05, 0) is 80.5 Å². The number of halogens is 1. The Balaban J connectivity index is 1.50. The molecule has 0 aromatic heterocycles. The van der Waals surface area contributed by atoms with Gasteiger partial charge in [-0.15, -0.1) is 0 Å². The summed E-state index contributed by atoms with van der Waals surface area (Å²) in [5.74, 6) is 4.50. The highest BCUT2D eigenvalue weighted by Gasteiger charge is 2.39. The summed E-state index contributed by atoms with van der Waals surface area (Å²) in [5.41, 5.74) is 0. The van der Waals surface area contributed by atoms with Gasteiger partial charge in [-0.2, -0.15) is 0 Å². The van der Waals surface area contributed by atoms with Crippen LogP contribution in [-0.2, 0) is 0 Å². The third-order valence-electron chi connectivity index (χ3n) is 7.26. The van der Waals surface area contributed by atoms with Crippen molar-refractivity contribution in [1.82, 2.24) is 0 Å². The minimum absolute atomic E-state index is 0.413. The summed E-state index contributed by atoms with van der Waals surface area (Å²) in [6, 6.07) is 0. The van der Waals surface area contributed by atoms with Crippen LogP contribution in [0.15, 0.2) is 0 Å². The Morgan fingerprint density at radius 2 is 1.05 bits per heavy atom. The molecule has 3 atom stereocenters. The van der Waals surface area contributed by atoms with Crippen LogP contribution in [-0.4, -0.2) is 6.17 Å². The van der Waals surface area contributed by atoms with Gasteiger partial charge in [0.1, 0.15) is 6.17 Å². The van der Waals surface area contributed by atoms with E-state index in [1.54, 1.807) is 0 Å². The van der Waals surface area contributed by atoms with E-state index < -0.39 is 6.17 Å². The van der Waals surface area contributed by atoms with Crippen LogP contribution in [0.2, 0.25) is 0 Å². The monoisotopic (exact) mass is 294 g/mol. The molecule has 0 heterocycles. The van der Waals surface area contributed by atoms with Crippen molar-refractivity contribution < 1.29 is 4.39 Å². The molecular weight excluding hydrogens is 259 g/mol. The molecule has 0 nitrogen and oxygen atoms in total. The predicted octanol–water partition coefficient (Wildman–Crippen LogP) is 6.39. The van der Waals surface area contributed by atoms with E-state index in [0.717, 1.165) is 24.2 Å². The highest BCUT2D eigenvalue weighted by Crippen LogP contribution is 2.46. The molecule has 0 amide bonds. The predicted molar refractivity (Wildman–Crippen MR) is 88.0 cm³/mol. The average Bonchev–Trinajstić information content (AvgIpc) is 2.49. The number of hydrogen-bond acceptors (Lipinski definition) is 0. The molecular formula is C20H35F. The Kier molecular flexibility index (Phi) is 5.27. The van der Waals surface area contributed by atoms with Crippen molar-refractivity contribution in [2.75, 3.05) is 0 Å². The first-order chi connectivity index (χ1) is 10.1. The topological polar surface area (TPSA) is 0 Å². The summed E-state index contributed by atoms with van der Waals surface area (Å²) < 4.78 is 14.8. The van der Waals surface area contributed by atoms with Crippen molar-refractivity contribution in [1.29, 1.82) is 0 Å². The van der Waals surface area contributed by atoms with Gasteiger partial charge in [0.05, 0.1) is 0 Å². The maximum absolute atomic E-state index is 14.8. The maximum atomic E-state index is 14.8. The highest BCUT2D eigenvalue weighted by molar-refractivity contribution is 4.89. The average molecular weight is 294 g/mol. The smallest absolute Gasteiger partial charge is 0.103 e. The molecule has 0 aromatic carbocycles. The van der Waals surface area contributed by atoms with Gasteiger partial charge in [-0.1, -0.05) is 39.5 Å². The normalized spacial score (nSPS) is 49.0. The highest BCUT2D eigenvalue weighted by atomic mass is 19.1. The molecule has 0 bridgehead atoms. The lowest BCUT2D eigenvalue weighted by Crippen LogP contribution is -2.36. The Morgan fingerprint density at radius 1 is 0.571 bits per heavy atom. The Labute approximate surface area is 131 Å². The molecule has 0 saturated heterocycles. The minimum atomic E-state index is -0.485. The molecule has 3 rings (SSSR count). The van der Waals surface area contributed by atoms with Crippen LogP contribution in [0.1, 0.15) is 84.5 Å². The molecule has 1 heteroatoms.